The van der Waals surface area contributed by atoms with Gasteiger partial charge in [0.2, 0.25) is 5.91 Å². The fourth-order valence-electron chi connectivity index (χ4n) is 2.94. The van der Waals surface area contributed by atoms with Gasteiger partial charge in [-0.05, 0) is 6.92 Å². The molecule has 1 N–H and O–H groups in total. The Morgan fingerprint density at radius 2 is 2.00 bits per heavy atom. The summed E-state index contributed by atoms with van der Waals surface area (Å²) in [4.78, 5) is 22.5. The minimum atomic E-state index is 0. The quantitative estimate of drug-likeness (QED) is 0.765. The lowest BCUT2D eigenvalue weighted by Gasteiger charge is -2.35. The van der Waals surface area contributed by atoms with E-state index < -0.39 is 0 Å². The fourth-order valence-corrected chi connectivity index (χ4v) is 4.73. The first-order chi connectivity index (χ1) is 10.7. The number of hydrogen-bond donors (Lipinski definition) is 1. The van der Waals surface area contributed by atoms with Gasteiger partial charge in [-0.2, -0.15) is 11.8 Å². The monoisotopic (exact) mass is 448 g/mol. The Morgan fingerprint density at radius 1 is 1.28 bits per heavy atom. The van der Waals surface area contributed by atoms with Gasteiger partial charge in [0.15, 0.2) is 0 Å². The van der Waals surface area contributed by atoms with Crippen molar-refractivity contribution in [3.8, 4) is 0 Å². The number of aryl methyl sites for hydroxylation is 1. The molecule has 3 heterocycles. The maximum Gasteiger partial charge on any atom is 0.224 e. The molecule has 5 nitrogen and oxygen atoms in total. The first kappa shape index (κ1) is 25.2. The SMILES string of the molecule is Cc1ncc(CN2CCN(C(=O)CC3CSCCN3)CC2)s1.Cl.Cl.Cl. The predicted molar refractivity (Wildman–Crippen MR) is 114 cm³/mol. The summed E-state index contributed by atoms with van der Waals surface area (Å²) in [6, 6.07) is 0.365. The van der Waals surface area contributed by atoms with Crippen LogP contribution in [0.3, 0.4) is 0 Å². The second-order valence-electron chi connectivity index (χ2n) is 5.93. The molecule has 1 unspecified atom stereocenters. The Balaban J connectivity index is 0.00000192. The van der Waals surface area contributed by atoms with E-state index in [1.807, 2.05) is 29.8 Å². The molecule has 0 saturated carbocycles. The number of rotatable bonds is 4. The van der Waals surface area contributed by atoms with E-state index in [1.54, 1.807) is 11.3 Å². The summed E-state index contributed by atoms with van der Waals surface area (Å²) in [5.41, 5.74) is 0. The minimum Gasteiger partial charge on any atom is -0.340 e. The summed E-state index contributed by atoms with van der Waals surface area (Å²) in [7, 11) is 0. The molecule has 10 heteroatoms. The van der Waals surface area contributed by atoms with Crippen LogP contribution in [0.4, 0.5) is 0 Å². The van der Waals surface area contributed by atoms with Crippen LogP contribution in [-0.2, 0) is 11.3 Å². The Labute approximate surface area is 176 Å². The third-order valence-corrected chi connectivity index (χ3v) is 6.22. The zero-order valence-corrected chi connectivity index (χ0v) is 18.4. The molecule has 0 bridgehead atoms. The van der Waals surface area contributed by atoms with Gasteiger partial charge in [-0.25, -0.2) is 4.98 Å². The van der Waals surface area contributed by atoms with E-state index >= 15 is 0 Å². The normalized spacial score (nSPS) is 20.8. The highest BCUT2D eigenvalue weighted by Crippen LogP contribution is 2.16. The molecule has 0 spiro atoms. The fraction of sp³-hybridized carbons (Fsp3) is 0.733. The summed E-state index contributed by atoms with van der Waals surface area (Å²) in [5, 5.41) is 4.58. The predicted octanol–water partition coefficient (Wildman–Crippen LogP) is 2.46. The topological polar surface area (TPSA) is 48.5 Å². The molecule has 2 fully saturated rings. The summed E-state index contributed by atoms with van der Waals surface area (Å²) in [6.07, 6.45) is 2.63. The van der Waals surface area contributed by atoms with Gasteiger partial charge >= 0.3 is 0 Å². The van der Waals surface area contributed by atoms with Gasteiger partial charge in [-0.15, -0.1) is 48.6 Å². The van der Waals surface area contributed by atoms with E-state index in [9.17, 15) is 4.79 Å². The molecule has 0 radical (unpaired) electrons. The highest BCUT2D eigenvalue weighted by Gasteiger charge is 2.24. The smallest absolute Gasteiger partial charge is 0.224 e. The molecule has 1 aromatic rings. The van der Waals surface area contributed by atoms with Crippen LogP contribution in [0.1, 0.15) is 16.3 Å². The van der Waals surface area contributed by atoms with Gasteiger partial charge in [-0.1, -0.05) is 0 Å². The second kappa shape index (κ2) is 12.6. The van der Waals surface area contributed by atoms with Crippen molar-refractivity contribution >= 4 is 66.2 Å². The van der Waals surface area contributed by atoms with Crippen molar-refractivity contribution in [3.63, 3.8) is 0 Å². The average molecular weight is 450 g/mol. The van der Waals surface area contributed by atoms with E-state index in [1.165, 1.54) is 10.6 Å². The number of piperazine rings is 1. The van der Waals surface area contributed by atoms with Crippen LogP contribution in [0.15, 0.2) is 6.20 Å². The van der Waals surface area contributed by atoms with Crippen molar-refractivity contribution in [2.45, 2.75) is 25.9 Å². The van der Waals surface area contributed by atoms with Crippen LogP contribution < -0.4 is 5.32 Å². The maximum absolute atomic E-state index is 12.4. The van der Waals surface area contributed by atoms with Crippen molar-refractivity contribution in [1.82, 2.24) is 20.1 Å². The van der Waals surface area contributed by atoms with Crippen LogP contribution >= 0.6 is 60.3 Å². The second-order valence-corrected chi connectivity index (χ2v) is 8.40. The van der Waals surface area contributed by atoms with Crippen LogP contribution in [0.25, 0.3) is 0 Å². The summed E-state index contributed by atoms with van der Waals surface area (Å²) in [5.74, 6) is 2.55. The molecule has 2 aliphatic heterocycles. The lowest BCUT2D eigenvalue weighted by Crippen LogP contribution is -2.50. The Hall–Kier alpha value is 0.240. The largest absolute Gasteiger partial charge is 0.340 e. The number of thioether (sulfide) groups is 1. The van der Waals surface area contributed by atoms with Gasteiger partial charge in [0, 0.05) is 74.3 Å². The van der Waals surface area contributed by atoms with Crippen molar-refractivity contribution in [2.24, 2.45) is 0 Å². The number of halogens is 3. The maximum atomic E-state index is 12.4. The van der Waals surface area contributed by atoms with Gasteiger partial charge in [0.25, 0.3) is 0 Å². The van der Waals surface area contributed by atoms with E-state index in [0.717, 1.165) is 50.0 Å². The molecule has 2 aliphatic rings. The first-order valence-corrected chi connectivity index (χ1v) is 9.90. The highest BCUT2D eigenvalue weighted by atomic mass is 35.5. The number of carbonyl (C=O) groups excluding carboxylic acids is 1. The highest BCUT2D eigenvalue weighted by molar-refractivity contribution is 7.99. The number of thiazole rings is 1. The molecule has 0 aromatic carbocycles. The molecule has 2 saturated heterocycles. The van der Waals surface area contributed by atoms with E-state index in [-0.39, 0.29) is 37.2 Å². The number of nitrogens with one attached hydrogen (secondary N) is 1. The zero-order chi connectivity index (χ0) is 15.4. The molecule has 1 atom stereocenters. The first-order valence-electron chi connectivity index (χ1n) is 7.93. The number of carbonyl (C=O) groups is 1. The zero-order valence-electron chi connectivity index (χ0n) is 14.3. The van der Waals surface area contributed by atoms with Crippen molar-refractivity contribution in [3.05, 3.63) is 16.1 Å². The van der Waals surface area contributed by atoms with Crippen LogP contribution in [0, 0.1) is 6.92 Å². The van der Waals surface area contributed by atoms with E-state index in [0.29, 0.717) is 18.4 Å². The Kier molecular flexibility index (Phi) is 12.7. The summed E-state index contributed by atoms with van der Waals surface area (Å²) < 4.78 is 0. The number of amides is 1. The van der Waals surface area contributed by atoms with E-state index in [2.05, 4.69) is 15.2 Å². The molecule has 1 amide bonds. The van der Waals surface area contributed by atoms with Crippen LogP contribution in [-0.4, -0.2) is 71.0 Å². The number of aromatic nitrogens is 1. The van der Waals surface area contributed by atoms with Gasteiger partial charge in [-0.3, -0.25) is 9.69 Å². The molecular weight excluding hydrogens is 423 g/mol. The van der Waals surface area contributed by atoms with Crippen molar-refractivity contribution in [1.29, 1.82) is 0 Å². The lowest BCUT2D eigenvalue weighted by molar-refractivity contribution is -0.133. The average Bonchev–Trinajstić information content (AvgIpc) is 2.94. The number of hydrogen-bond acceptors (Lipinski definition) is 6. The summed E-state index contributed by atoms with van der Waals surface area (Å²) >= 11 is 3.72. The molecular formula is C15H27Cl3N4OS2. The summed E-state index contributed by atoms with van der Waals surface area (Å²) in [6.45, 7) is 7.69. The van der Waals surface area contributed by atoms with Crippen molar-refractivity contribution in [2.75, 3.05) is 44.2 Å². The van der Waals surface area contributed by atoms with Gasteiger partial charge in [0.1, 0.15) is 0 Å². The molecule has 25 heavy (non-hydrogen) atoms. The van der Waals surface area contributed by atoms with Crippen LogP contribution in [0.2, 0.25) is 0 Å². The molecule has 146 valence electrons. The number of nitrogens with zero attached hydrogens (tertiary/aromatic N) is 3. The third kappa shape index (κ3) is 7.79. The lowest BCUT2D eigenvalue weighted by atomic mass is 10.2. The molecule has 0 aliphatic carbocycles. The van der Waals surface area contributed by atoms with Crippen molar-refractivity contribution < 1.29 is 4.79 Å². The molecule has 1 aromatic heterocycles. The van der Waals surface area contributed by atoms with Gasteiger partial charge < -0.3 is 10.2 Å². The van der Waals surface area contributed by atoms with Crippen LogP contribution in [0.5, 0.6) is 0 Å². The standard InChI is InChI=1S/C15H24N4OS2.3ClH/c1-12-17-9-14(22-12)10-18-3-5-19(6-4-18)15(20)8-13-11-21-7-2-16-13;;;/h9,13,16H,2-8,10-11H2,1H3;3*1H. The Bertz CT molecular complexity index is 507. The molecule has 3 rings (SSSR count). The third-order valence-electron chi connectivity index (χ3n) is 4.19. The minimum absolute atomic E-state index is 0. The van der Waals surface area contributed by atoms with Gasteiger partial charge in [0.05, 0.1) is 5.01 Å². The Morgan fingerprint density at radius 3 is 2.56 bits per heavy atom. The van der Waals surface area contributed by atoms with E-state index in [4.69, 9.17) is 0 Å².